The van der Waals surface area contributed by atoms with E-state index in [1.54, 1.807) is 6.07 Å². The van der Waals surface area contributed by atoms with E-state index in [1.807, 2.05) is 31.2 Å². The third kappa shape index (κ3) is 4.44. The van der Waals surface area contributed by atoms with Crippen LogP contribution >= 0.6 is 22.9 Å². The molecule has 0 atom stereocenters. The highest BCUT2D eigenvalue weighted by Crippen LogP contribution is 2.28. The largest absolute Gasteiger partial charge is 0.331 e. The zero-order valence-electron chi connectivity index (χ0n) is 13.7. The number of aryl methyl sites for hydroxylation is 1. The van der Waals surface area contributed by atoms with Gasteiger partial charge < -0.3 is 5.32 Å². The molecule has 1 heterocycles. The Balaban J connectivity index is 1.65. The van der Waals surface area contributed by atoms with Gasteiger partial charge in [0.1, 0.15) is 5.82 Å². The molecule has 0 saturated carbocycles. The van der Waals surface area contributed by atoms with Gasteiger partial charge in [0.15, 0.2) is 10.3 Å². The van der Waals surface area contributed by atoms with E-state index in [1.165, 1.54) is 35.8 Å². The molecule has 2 aromatic carbocycles. The first kappa shape index (κ1) is 18.0. The van der Waals surface area contributed by atoms with Crippen LogP contribution in [0, 0.1) is 12.7 Å². The number of halogens is 2. The van der Waals surface area contributed by atoms with Crippen LogP contribution in [0.5, 0.6) is 0 Å². The number of nitrogens with zero attached hydrogens (tertiary/aromatic N) is 2. The summed E-state index contributed by atoms with van der Waals surface area (Å²) in [5, 5.41) is 7.82. The van der Waals surface area contributed by atoms with Crippen molar-refractivity contribution < 1.29 is 9.18 Å². The van der Waals surface area contributed by atoms with Crippen molar-refractivity contribution in [2.45, 2.75) is 6.92 Å². The summed E-state index contributed by atoms with van der Waals surface area (Å²) in [6.45, 7) is 2.01. The second kappa shape index (κ2) is 8.07. The molecule has 26 heavy (non-hydrogen) atoms. The van der Waals surface area contributed by atoms with Crippen molar-refractivity contribution in [2.75, 3.05) is 5.32 Å². The Bertz CT molecular complexity index is 956. The predicted molar refractivity (Wildman–Crippen MR) is 103 cm³/mol. The number of amides is 1. The molecule has 0 aliphatic carbocycles. The molecular weight excluding hydrogens is 375 g/mol. The number of carbonyl (C=O) groups excluding carboxylic acids is 1. The number of carbonyl (C=O) groups is 1. The highest BCUT2D eigenvalue weighted by Gasteiger charge is 2.10. The quantitative estimate of drug-likeness (QED) is 0.489. The van der Waals surface area contributed by atoms with Crippen LogP contribution in [0.3, 0.4) is 0 Å². The van der Waals surface area contributed by atoms with Crippen molar-refractivity contribution in [1.82, 2.24) is 10.4 Å². The topological polar surface area (TPSA) is 66.4 Å². The third-order valence-electron chi connectivity index (χ3n) is 3.38. The number of aromatic nitrogens is 1. The van der Waals surface area contributed by atoms with Crippen LogP contribution in [0.2, 0.25) is 5.15 Å². The maximum atomic E-state index is 13.5. The molecule has 0 aliphatic heterocycles. The summed E-state index contributed by atoms with van der Waals surface area (Å²) < 4.78 is 13.5. The molecule has 3 aromatic rings. The van der Waals surface area contributed by atoms with Crippen LogP contribution in [0.1, 0.15) is 20.8 Å². The van der Waals surface area contributed by atoms with Crippen molar-refractivity contribution in [2.24, 2.45) is 5.10 Å². The monoisotopic (exact) mass is 388 g/mol. The molecule has 5 nitrogen and oxygen atoms in total. The summed E-state index contributed by atoms with van der Waals surface area (Å²) in [6, 6.07) is 13.5. The summed E-state index contributed by atoms with van der Waals surface area (Å²) in [6.07, 6.45) is 1.37. The maximum absolute atomic E-state index is 13.5. The Hall–Kier alpha value is -2.77. The Morgan fingerprint density at radius 2 is 1.96 bits per heavy atom. The number of hydrazone groups is 1. The van der Waals surface area contributed by atoms with Crippen molar-refractivity contribution in [3.8, 4) is 0 Å². The Labute approximate surface area is 158 Å². The third-order valence-corrected chi connectivity index (χ3v) is 4.68. The van der Waals surface area contributed by atoms with Crippen LogP contribution in [0.25, 0.3) is 0 Å². The molecule has 8 heteroatoms. The molecule has 132 valence electrons. The fourth-order valence-electron chi connectivity index (χ4n) is 2.06. The molecule has 0 bridgehead atoms. The van der Waals surface area contributed by atoms with Crippen LogP contribution in [-0.2, 0) is 0 Å². The molecule has 0 saturated heterocycles. The van der Waals surface area contributed by atoms with E-state index < -0.39 is 11.7 Å². The predicted octanol–water partition coefficient (Wildman–Crippen LogP) is 4.75. The molecular formula is C18H14ClFN4OS. The van der Waals surface area contributed by atoms with Crippen molar-refractivity contribution in [1.29, 1.82) is 0 Å². The van der Waals surface area contributed by atoms with E-state index in [0.29, 0.717) is 10.0 Å². The standard InChI is InChI=1S/C18H14ClFN4OS/c1-11-6-8-12(9-7-11)22-18-23-16(19)15(26-18)10-21-24-17(25)13-4-2-3-5-14(13)20/h2-10H,1H3,(H,22,23)(H,24,25)/b21-10+. The van der Waals surface area contributed by atoms with Crippen LogP contribution in [0.4, 0.5) is 15.2 Å². The molecule has 0 radical (unpaired) electrons. The Morgan fingerprint density at radius 1 is 1.23 bits per heavy atom. The van der Waals surface area contributed by atoms with Crippen molar-refractivity contribution >= 4 is 45.9 Å². The lowest BCUT2D eigenvalue weighted by atomic mass is 10.2. The Morgan fingerprint density at radius 3 is 2.69 bits per heavy atom. The number of hydrogen-bond acceptors (Lipinski definition) is 5. The second-order valence-corrected chi connectivity index (χ2v) is 6.73. The van der Waals surface area contributed by atoms with Crippen LogP contribution in [-0.4, -0.2) is 17.1 Å². The summed E-state index contributed by atoms with van der Waals surface area (Å²) in [5.41, 5.74) is 4.23. The fourth-order valence-corrected chi connectivity index (χ4v) is 3.11. The van der Waals surface area contributed by atoms with Gasteiger partial charge in [-0.3, -0.25) is 4.79 Å². The van der Waals surface area contributed by atoms with Gasteiger partial charge in [0, 0.05) is 5.69 Å². The first-order valence-electron chi connectivity index (χ1n) is 7.61. The zero-order valence-corrected chi connectivity index (χ0v) is 15.2. The number of anilines is 2. The molecule has 0 spiro atoms. The molecule has 1 aromatic heterocycles. The van der Waals surface area contributed by atoms with E-state index in [4.69, 9.17) is 11.6 Å². The molecule has 0 fully saturated rings. The second-order valence-electron chi connectivity index (χ2n) is 5.34. The fraction of sp³-hybridized carbons (Fsp3) is 0.0556. The number of hydrogen-bond donors (Lipinski definition) is 2. The number of benzene rings is 2. The van der Waals surface area contributed by atoms with Crippen LogP contribution in [0.15, 0.2) is 53.6 Å². The van der Waals surface area contributed by atoms with Gasteiger partial charge in [-0.15, -0.1) is 0 Å². The normalized spacial score (nSPS) is 10.9. The van der Waals surface area contributed by atoms with E-state index in [2.05, 4.69) is 20.8 Å². The summed E-state index contributed by atoms with van der Waals surface area (Å²) in [4.78, 5) is 16.7. The van der Waals surface area contributed by atoms with Gasteiger partial charge in [0.05, 0.1) is 16.7 Å². The maximum Gasteiger partial charge on any atom is 0.274 e. The van der Waals surface area contributed by atoms with Gasteiger partial charge in [-0.05, 0) is 31.2 Å². The van der Waals surface area contributed by atoms with E-state index in [9.17, 15) is 9.18 Å². The van der Waals surface area contributed by atoms with Gasteiger partial charge in [-0.2, -0.15) is 5.10 Å². The lowest BCUT2D eigenvalue weighted by Gasteiger charge is -2.01. The lowest BCUT2D eigenvalue weighted by molar-refractivity contribution is 0.0951. The number of thiazole rings is 1. The summed E-state index contributed by atoms with van der Waals surface area (Å²) >= 11 is 7.37. The molecule has 1 amide bonds. The van der Waals surface area contributed by atoms with Gasteiger partial charge >= 0.3 is 0 Å². The minimum absolute atomic E-state index is 0.0817. The van der Waals surface area contributed by atoms with Gasteiger partial charge in [-0.25, -0.2) is 14.8 Å². The Kier molecular flexibility index (Phi) is 5.60. The average molecular weight is 389 g/mol. The van der Waals surface area contributed by atoms with E-state index >= 15 is 0 Å². The first-order chi connectivity index (χ1) is 12.5. The molecule has 0 unspecified atom stereocenters. The highest BCUT2D eigenvalue weighted by atomic mass is 35.5. The molecule has 2 N–H and O–H groups in total. The van der Waals surface area contributed by atoms with E-state index in [0.717, 1.165) is 11.3 Å². The smallest absolute Gasteiger partial charge is 0.274 e. The summed E-state index contributed by atoms with van der Waals surface area (Å²) in [5.74, 6) is -1.25. The molecule has 0 aliphatic rings. The van der Waals surface area contributed by atoms with Crippen molar-refractivity contribution in [3.05, 3.63) is 75.5 Å². The van der Waals surface area contributed by atoms with Gasteiger partial charge in [-0.1, -0.05) is 52.8 Å². The van der Waals surface area contributed by atoms with Crippen LogP contribution < -0.4 is 10.7 Å². The number of nitrogens with one attached hydrogen (secondary N) is 2. The van der Waals surface area contributed by atoms with Gasteiger partial charge in [0.2, 0.25) is 0 Å². The average Bonchev–Trinajstić information content (AvgIpc) is 2.96. The highest BCUT2D eigenvalue weighted by molar-refractivity contribution is 7.17. The van der Waals surface area contributed by atoms with E-state index in [-0.39, 0.29) is 10.7 Å². The molecule has 3 rings (SSSR count). The minimum atomic E-state index is -0.641. The summed E-state index contributed by atoms with van der Waals surface area (Å²) in [7, 11) is 0. The SMILES string of the molecule is Cc1ccc(Nc2nc(Cl)c(/C=N/NC(=O)c3ccccc3F)s2)cc1. The number of rotatable bonds is 5. The lowest BCUT2D eigenvalue weighted by Crippen LogP contribution is -2.18. The zero-order chi connectivity index (χ0) is 18.5. The van der Waals surface area contributed by atoms with Crippen molar-refractivity contribution in [3.63, 3.8) is 0 Å². The minimum Gasteiger partial charge on any atom is -0.331 e. The van der Waals surface area contributed by atoms with Gasteiger partial charge in [0.25, 0.3) is 5.91 Å². The first-order valence-corrected chi connectivity index (χ1v) is 8.80.